The van der Waals surface area contributed by atoms with Crippen LogP contribution in [0.15, 0.2) is 42.0 Å². The van der Waals surface area contributed by atoms with E-state index in [1.807, 2.05) is 0 Å². The first-order valence-corrected chi connectivity index (χ1v) is 8.34. The third-order valence-corrected chi connectivity index (χ3v) is 5.47. The van der Waals surface area contributed by atoms with Gasteiger partial charge in [0.1, 0.15) is 0 Å². The molecule has 3 aliphatic rings. The van der Waals surface area contributed by atoms with E-state index in [0.717, 1.165) is 5.92 Å². The van der Waals surface area contributed by atoms with Gasteiger partial charge in [-0.2, -0.15) is 0 Å². The monoisotopic (exact) mass is 268 g/mol. The Morgan fingerprint density at radius 2 is 1.65 bits per heavy atom. The van der Waals surface area contributed by atoms with Crippen LogP contribution in [-0.4, -0.2) is 6.10 Å². The SMILES string of the molecule is C1=C2[C@@H](CCC1)[C@@H](c1ccccc1)O[C@H]1CCCC[C@@H]21. The highest BCUT2D eigenvalue weighted by atomic mass is 16.5. The van der Waals surface area contributed by atoms with E-state index < -0.39 is 0 Å². The minimum Gasteiger partial charge on any atom is -0.369 e. The molecule has 0 bridgehead atoms. The first kappa shape index (κ1) is 12.6. The van der Waals surface area contributed by atoms with Gasteiger partial charge in [0.15, 0.2) is 0 Å². The first-order valence-electron chi connectivity index (χ1n) is 8.34. The zero-order chi connectivity index (χ0) is 13.4. The molecule has 2 fully saturated rings. The maximum absolute atomic E-state index is 6.61. The van der Waals surface area contributed by atoms with Crippen molar-refractivity contribution in [1.82, 2.24) is 0 Å². The van der Waals surface area contributed by atoms with Crippen LogP contribution >= 0.6 is 0 Å². The van der Waals surface area contributed by atoms with E-state index >= 15 is 0 Å². The van der Waals surface area contributed by atoms with Crippen molar-refractivity contribution in [3.8, 4) is 0 Å². The normalized spacial score (nSPS) is 36.7. The molecule has 2 aliphatic carbocycles. The maximum Gasteiger partial charge on any atom is 0.0894 e. The van der Waals surface area contributed by atoms with Crippen LogP contribution in [0.25, 0.3) is 0 Å². The quantitative estimate of drug-likeness (QED) is 0.648. The van der Waals surface area contributed by atoms with Gasteiger partial charge in [-0.05, 0) is 37.7 Å². The largest absolute Gasteiger partial charge is 0.369 e. The molecule has 0 amide bonds. The molecule has 1 saturated carbocycles. The Balaban J connectivity index is 1.70. The van der Waals surface area contributed by atoms with Gasteiger partial charge in [0.05, 0.1) is 12.2 Å². The lowest BCUT2D eigenvalue weighted by Crippen LogP contribution is -2.41. The molecule has 0 spiro atoms. The summed E-state index contributed by atoms with van der Waals surface area (Å²) in [6.45, 7) is 0. The fourth-order valence-corrected chi connectivity index (χ4v) is 4.55. The number of ether oxygens (including phenoxy) is 1. The Hall–Kier alpha value is -1.08. The van der Waals surface area contributed by atoms with E-state index in [4.69, 9.17) is 4.74 Å². The van der Waals surface area contributed by atoms with Crippen LogP contribution in [0.5, 0.6) is 0 Å². The third-order valence-electron chi connectivity index (χ3n) is 5.47. The van der Waals surface area contributed by atoms with Crippen LogP contribution in [-0.2, 0) is 4.74 Å². The average Bonchev–Trinajstić information content (AvgIpc) is 2.55. The number of benzene rings is 1. The Labute approximate surface area is 122 Å². The number of allylic oxidation sites excluding steroid dienone is 1. The van der Waals surface area contributed by atoms with Gasteiger partial charge in [0.2, 0.25) is 0 Å². The summed E-state index contributed by atoms with van der Waals surface area (Å²) in [6.07, 6.45) is 12.6. The van der Waals surface area contributed by atoms with Crippen molar-refractivity contribution in [3.63, 3.8) is 0 Å². The van der Waals surface area contributed by atoms with E-state index in [9.17, 15) is 0 Å². The van der Waals surface area contributed by atoms with Crippen LogP contribution in [0.2, 0.25) is 0 Å². The predicted molar refractivity (Wildman–Crippen MR) is 81.4 cm³/mol. The zero-order valence-corrected chi connectivity index (χ0v) is 12.1. The van der Waals surface area contributed by atoms with Crippen molar-refractivity contribution < 1.29 is 4.74 Å². The molecule has 1 aliphatic heterocycles. The summed E-state index contributed by atoms with van der Waals surface area (Å²) >= 11 is 0. The highest BCUT2D eigenvalue weighted by molar-refractivity contribution is 5.27. The van der Waals surface area contributed by atoms with E-state index in [0.29, 0.717) is 18.1 Å². The van der Waals surface area contributed by atoms with Crippen molar-refractivity contribution >= 4 is 0 Å². The highest BCUT2D eigenvalue weighted by Gasteiger charge is 2.43. The van der Waals surface area contributed by atoms with E-state index in [2.05, 4.69) is 36.4 Å². The van der Waals surface area contributed by atoms with Gasteiger partial charge in [0.25, 0.3) is 0 Å². The second kappa shape index (κ2) is 5.37. The third kappa shape index (κ3) is 2.13. The first-order chi connectivity index (χ1) is 9.93. The van der Waals surface area contributed by atoms with Gasteiger partial charge >= 0.3 is 0 Å². The topological polar surface area (TPSA) is 9.23 Å². The lowest BCUT2D eigenvalue weighted by molar-refractivity contribution is -0.106. The van der Waals surface area contributed by atoms with Crippen molar-refractivity contribution in [2.75, 3.05) is 0 Å². The molecule has 0 unspecified atom stereocenters. The van der Waals surface area contributed by atoms with Crippen molar-refractivity contribution in [2.45, 2.75) is 57.2 Å². The number of hydrogen-bond acceptors (Lipinski definition) is 1. The summed E-state index contributed by atoms with van der Waals surface area (Å²) in [4.78, 5) is 0. The minimum atomic E-state index is 0.307. The molecule has 4 rings (SSSR count). The molecule has 20 heavy (non-hydrogen) atoms. The minimum absolute atomic E-state index is 0.307. The van der Waals surface area contributed by atoms with E-state index in [-0.39, 0.29) is 0 Å². The smallest absolute Gasteiger partial charge is 0.0894 e. The molecule has 0 aromatic heterocycles. The van der Waals surface area contributed by atoms with Crippen molar-refractivity contribution in [3.05, 3.63) is 47.5 Å². The molecular weight excluding hydrogens is 244 g/mol. The molecule has 1 heterocycles. The Morgan fingerprint density at radius 1 is 0.850 bits per heavy atom. The Bertz CT molecular complexity index is 490. The van der Waals surface area contributed by atoms with Crippen LogP contribution < -0.4 is 0 Å². The highest BCUT2D eigenvalue weighted by Crippen LogP contribution is 2.50. The molecule has 1 aromatic rings. The molecule has 4 atom stereocenters. The fraction of sp³-hybridized carbons (Fsp3) is 0.579. The van der Waals surface area contributed by atoms with Gasteiger partial charge < -0.3 is 4.74 Å². The second-order valence-corrected chi connectivity index (χ2v) is 6.64. The second-order valence-electron chi connectivity index (χ2n) is 6.64. The maximum atomic E-state index is 6.61. The summed E-state index contributed by atoms with van der Waals surface area (Å²) in [5, 5.41) is 0. The van der Waals surface area contributed by atoms with E-state index in [1.165, 1.54) is 50.5 Å². The summed E-state index contributed by atoms with van der Waals surface area (Å²) in [5.74, 6) is 1.37. The van der Waals surface area contributed by atoms with Gasteiger partial charge in [-0.1, -0.05) is 54.8 Å². The molecule has 1 heteroatoms. The van der Waals surface area contributed by atoms with Crippen LogP contribution in [0.3, 0.4) is 0 Å². The average molecular weight is 268 g/mol. The standard InChI is InChI=1S/C19H24O/c1-2-8-14(9-3-1)19-17-12-5-4-10-15(17)16-11-6-7-13-18(16)20-19/h1-3,8-10,16-19H,4-7,11-13H2/t16-,17+,18-,19+/m0/s1. The Morgan fingerprint density at radius 3 is 2.55 bits per heavy atom. The van der Waals surface area contributed by atoms with Gasteiger partial charge in [-0.3, -0.25) is 0 Å². The molecular formula is C19H24O. The van der Waals surface area contributed by atoms with Gasteiger partial charge in [0, 0.05) is 11.8 Å². The number of fused-ring (bicyclic) bond motifs is 3. The zero-order valence-electron chi connectivity index (χ0n) is 12.1. The van der Waals surface area contributed by atoms with Crippen molar-refractivity contribution in [1.29, 1.82) is 0 Å². The molecule has 1 aromatic carbocycles. The Kier molecular flexibility index (Phi) is 3.39. The lowest BCUT2D eigenvalue weighted by Gasteiger charge is -2.47. The van der Waals surface area contributed by atoms with Crippen molar-refractivity contribution in [2.24, 2.45) is 11.8 Å². The summed E-state index contributed by atoms with van der Waals surface area (Å²) in [7, 11) is 0. The van der Waals surface area contributed by atoms with Crippen LogP contribution in [0, 0.1) is 11.8 Å². The molecule has 106 valence electrons. The lowest BCUT2D eigenvalue weighted by atomic mass is 9.68. The fourth-order valence-electron chi connectivity index (χ4n) is 4.55. The predicted octanol–water partition coefficient (Wildman–Crippen LogP) is 5.04. The van der Waals surface area contributed by atoms with Gasteiger partial charge in [-0.25, -0.2) is 0 Å². The molecule has 0 N–H and O–H groups in total. The summed E-state index contributed by atoms with van der Waals surface area (Å²) < 4.78 is 6.61. The van der Waals surface area contributed by atoms with Crippen LogP contribution in [0.1, 0.15) is 56.6 Å². The van der Waals surface area contributed by atoms with E-state index in [1.54, 1.807) is 5.57 Å². The van der Waals surface area contributed by atoms with Gasteiger partial charge in [-0.15, -0.1) is 0 Å². The number of hydrogen-bond donors (Lipinski definition) is 0. The summed E-state index contributed by atoms with van der Waals surface area (Å²) in [5.41, 5.74) is 3.13. The molecule has 0 radical (unpaired) electrons. The summed E-state index contributed by atoms with van der Waals surface area (Å²) in [6, 6.07) is 10.9. The molecule has 1 nitrogen and oxygen atoms in total. The van der Waals surface area contributed by atoms with Crippen LogP contribution in [0.4, 0.5) is 0 Å². The number of rotatable bonds is 1. The molecule has 1 saturated heterocycles.